The van der Waals surface area contributed by atoms with Crippen LogP contribution in [0, 0.1) is 0 Å². The van der Waals surface area contributed by atoms with Crippen molar-refractivity contribution in [1.82, 2.24) is 10.7 Å². The number of hydrogen-bond acceptors (Lipinski definition) is 4. The maximum atomic E-state index is 12.9. The van der Waals surface area contributed by atoms with Crippen molar-refractivity contribution in [1.29, 1.82) is 0 Å². The number of hydrogen-bond donors (Lipinski definition) is 2. The third kappa shape index (κ3) is 6.26. The third-order valence-corrected chi connectivity index (χ3v) is 5.03. The van der Waals surface area contributed by atoms with E-state index in [9.17, 15) is 9.59 Å². The van der Waals surface area contributed by atoms with E-state index in [0.717, 1.165) is 15.6 Å². The number of carbonyl (C=O) groups is 2. The topological polar surface area (TPSA) is 79.8 Å². The van der Waals surface area contributed by atoms with Gasteiger partial charge in [-0.15, -0.1) is 0 Å². The molecule has 158 valence electrons. The monoisotopic (exact) mass is 479 g/mol. The van der Waals surface area contributed by atoms with E-state index in [4.69, 9.17) is 4.74 Å². The van der Waals surface area contributed by atoms with Gasteiger partial charge in [-0.2, -0.15) is 5.10 Å². The van der Waals surface area contributed by atoms with Crippen LogP contribution in [0.1, 0.15) is 22.6 Å². The van der Waals surface area contributed by atoms with Crippen LogP contribution in [-0.2, 0) is 9.59 Å². The number of rotatable bonds is 8. The van der Waals surface area contributed by atoms with Crippen LogP contribution in [0.4, 0.5) is 0 Å². The molecular weight excluding hydrogens is 458 g/mol. The molecule has 0 spiro atoms. The van der Waals surface area contributed by atoms with E-state index in [1.54, 1.807) is 13.2 Å². The van der Waals surface area contributed by atoms with Gasteiger partial charge in [0.05, 0.1) is 25.8 Å². The van der Waals surface area contributed by atoms with Crippen molar-refractivity contribution in [3.05, 3.63) is 100 Å². The maximum Gasteiger partial charge on any atom is 0.259 e. The molecule has 2 amide bonds. The minimum atomic E-state index is -0.510. The fourth-order valence-corrected chi connectivity index (χ4v) is 3.45. The number of nitrogens with zero attached hydrogens (tertiary/aromatic N) is 1. The number of nitrogens with one attached hydrogen (secondary N) is 2. The van der Waals surface area contributed by atoms with Crippen LogP contribution >= 0.6 is 15.9 Å². The van der Waals surface area contributed by atoms with E-state index >= 15 is 0 Å². The van der Waals surface area contributed by atoms with E-state index in [1.165, 1.54) is 6.21 Å². The highest BCUT2D eigenvalue weighted by Gasteiger charge is 2.22. The molecule has 6 nitrogen and oxygen atoms in total. The minimum Gasteiger partial charge on any atom is -0.496 e. The molecule has 0 aromatic heterocycles. The van der Waals surface area contributed by atoms with E-state index in [2.05, 4.69) is 31.8 Å². The van der Waals surface area contributed by atoms with Gasteiger partial charge in [0, 0.05) is 10.0 Å². The molecule has 3 rings (SSSR count). The molecule has 3 aromatic carbocycles. The highest BCUT2D eigenvalue weighted by atomic mass is 79.9. The van der Waals surface area contributed by atoms with E-state index in [1.807, 2.05) is 72.8 Å². The van der Waals surface area contributed by atoms with Crippen LogP contribution in [0.5, 0.6) is 5.75 Å². The summed E-state index contributed by atoms with van der Waals surface area (Å²) in [5.41, 5.74) is 4.83. The molecule has 0 heterocycles. The summed E-state index contributed by atoms with van der Waals surface area (Å²) in [5, 5.41) is 6.66. The zero-order chi connectivity index (χ0) is 22.1. The lowest BCUT2D eigenvalue weighted by molar-refractivity contribution is -0.126. The second-order valence-electron chi connectivity index (χ2n) is 6.65. The SMILES string of the molecule is COc1ccc(Br)cc1/C=N\NC(=O)CNC(=O)C(c1ccccc1)c1ccccc1. The lowest BCUT2D eigenvalue weighted by Crippen LogP contribution is -2.37. The normalized spacial score (nSPS) is 10.8. The summed E-state index contributed by atoms with van der Waals surface area (Å²) in [6, 6.07) is 24.4. The molecule has 31 heavy (non-hydrogen) atoms. The Morgan fingerprint density at radius 3 is 2.19 bits per heavy atom. The molecule has 0 aliphatic rings. The first-order valence-electron chi connectivity index (χ1n) is 9.61. The highest BCUT2D eigenvalue weighted by Crippen LogP contribution is 2.24. The second kappa shape index (κ2) is 11.1. The molecule has 0 unspecified atom stereocenters. The average Bonchev–Trinajstić information content (AvgIpc) is 2.79. The Morgan fingerprint density at radius 1 is 1.00 bits per heavy atom. The molecule has 3 aromatic rings. The fourth-order valence-electron chi connectivity index (χ4n) is 3.08. The van der Waals surface area contributed by atoms with Crippen molar-refractivity contribution in [3.8, 4) is 5.75 Å². The molecular formula is C24H22BrN3O3. The standard InChI is InChI=1S/C24H22BrN3O3/c1-31-21-13-12-20(25)14-19(21)15-27-28-22(29)16-26-24(30)23(17-8-4-2-5-9-17)18-10-6-3-7-11-18/h2-15,23H,16H2,1H3,(H,26,30)(H,28,29)/b27-15-. The quantitative estimate of drug-likeness (QED) is 0.380. The zero-order valence-electron chi connectivity index (χ0n) is 16.9. The van der Waals surface area contributed by atoms with Gasteiger partial charge in [0.1, 0.15) is 5.75 Å². The smallest absolute Gasteiger partial charge is 0.259 e. The van der Waals surface area contributed by atoms with Crippen molar-refractivity contribution < 1.29 is 14.3 Å². The summed E-state index contributed by atoms with van der Waals surface area (Å²) in [6.45, 7) is -0.193. The van der Waals surface area contributed by atoms with Gasteiger partial charge in [0.15, 0.2) is 0 Å². The largest absolute Gasteiger partial charge is 0.496 e. The number of hydrazone groups is 1. The predicted molar refractivity (Wildman–Crippen MR) is 124 cm³/mol. The summed E-state index contributed by atoms with van der Waals surface area (Å²) in [5.74, 6) is -0.573. The summed E-state index contributed by atoms with van der Waals surface area (Å²) in [6.07, 6.45) is 1.49. The van der Waals surface area contributed by atoms with Crippen LogP contribution in [0.15, 0.2) is 88.4 Å². The Kier molecular flexibility index (Phi) is 7.95. The van der Waals surface area contributed by atoms with E-state index < -0.39 is 11.8 Å². The fraction of sp³-hybridized carbons (Fsp3) is 0.125. The van der Waals surface area contributed by atoms with Gasteiger partial charge in [-0.25, -0.2) is 5.43 Å². The number of halogens is 1. The second-order valence-corrected chi connectivity index (χ2v) is 7.57. The van der Waals surface area contributed by atoms with E-state index in [0.29, 0.717) is 11.3 Å². The molecule has 0 atom stereocenters. The molecule has 0 aliphatic heterocycles. The molecule has 0 saturated heterocycles. The van der Waals surface area contributed by atoms with Crippen LogP contribution in [0.2, 0.25) is 0 Å². The number of methoxy groups -OCH3 is 1. The number of benzene rings is 3. The van der Waals surface area contributed by atoms with Crippen molar-refractivity contribution in [2.24, 2.45) is 5.10 Å². The molecule has 0 bridgehead atoms. The Bertz CT molecular complexity index is 1020. The predicted octanol–water partition coefficient (Wildman–Crippen LogP) is 3.86. The lowest BCUT2D eigenvalue weighted by Gasteiger charge is -2.17. The Balaban J connectivity index is 1.62. The van der Waals surface area contributed by atoms with E-state index in [-0.39, 0.29) is 12.5 Å². The van der Waals surface area contributed by atoms with Crippen LogP contribution in [0.25, 0.3) is 0 Å². The number of amides is 2. The first kappa shape index (κ1) is 22.2. The Hall–Kier alpha value is -3.45. The van der Waals surface area contributed by atoms with Crippen LogP contribution in [0.3, 0.4) is 0 Å². The van der Waals surface area contributed by atoms with Gasteiger partial charge in [-0.1, -0.05) is 76.6 Å². The Morgan fingerprint density at radius 2 is 1.61 bits per heavy atom. The van der Waals surface area contributed by atoms with Crippen molar-refractivity contribution in [3.63, 3.8) is 0 Å². The zero-order valence-corrected chi connectivity index (χ0v) is 18.5. The summed E-state index contributed by atoms with van der Waals surface area (Å²) < 4.78 is 6.13. The van der Waals surface area contributed by atoms with Crippen molar-refractivity contribution in [2.45, 2.75) is 5.92 Å². The number of carbonyl (C=O) groups excluding carboxylic acids is 2. The van der Waals surface area contributed by atoms with Gasteiger partial charge in [-0.3, -0.25) is 9.59 Å². The van der Waals surface area contributed by atoms with Gasteiger partial charge in [0.25, 0.3) is 5.91 Å². The van der Waals surface area contributed by atoms with Crippen molar-refractivity contribution in [2.75, 3.05) is 13.7 Å². The first-order valence-corrected chi connectivity index (χ1v) is 10.4. The van der Waals surface area contributed by atoms with Gasteiger partial charge in [-0.05, 0) is 29.3 Å². The summed E-state index contributed by atoms with van der Waals surface area (Å²) in [4.78, 5) is 25.1. The summed E-state index contributed by atoms with van der Waals surface area (Å²) >= 11 is 3.39. The van der Waals surface area contributed by atoms with Crippen molar-refractivity contribution >= 4 is 34.0 Å². The van der Waals surface area contributed by atoms with Crippen LogP contribution < -0.4 is 15.5 Å². The maximum absolute atomic E-state index is 12.9. The molecule has 7 heteroatoms. The third-order valence-electron chi connectivity index (χ3n) is 4.54. The molecule has 0 fully saturated rings. The average molecular weight is 480 g/mol. The molecule has 0 saturated carbocycles. The Labute approximate surface area is 189 Å². The molecule has 2 N–H and O–H groups in total. The summed E-state index contributed by atoms with van der Waals surface area (Å²) in [7, 11) is 1.56. The first-order chi connectivity index (χ1) is 15.1. The number of ether oxygens (including phenoxy) is 1. The van der Waals surface area contributed by atoms with Gasteiger partial charge >= 0.3 is 0 Å². The lowest BCUT2D eigenvalue weighted by atomic mass is 9.90. The van der Waals surface area contributed by atoms with Crippen LogP contribution in [-0.4, -0.2) is 31.7 Å². The molecule has 0 radical (unpaired) electrons. The van der Waals surface area contributed by atoms with Gasteiger partial charge < -0.3 is 10.1 Å². The van der Waals surface area contributed by atoms with Gasteiger partial charge in [0.2, 0.25) is 5.91 Å². The molecule has 0 aliphatic carbocycles. The minimum absolute atomic E-state index is 0.193. The highest BCUT2D eigenvalue weighted by molar-refractivity contribution is 9.10.